The largest absolute Gasteiger partial charge is 0.392 e. The summed E-state index contributed by atoms with van der Waals surface area (Å²) < 4.78 is 0. The lowest BCUT2D eigenvalue weighted by molar-refractivity contribution is -0.00584. The summed E-state index contributed by atoms with van der Waals surface area (Å²) in [5.74, 6) is 0. The second-order valence-corrected chi connectivity index (χ2v) is 4.99. The van der Waals surface area contributed by atoms with Gasteiger partial charge in [0.15, 0.2) is 0 Å². The molecule has 0 heterocycles. The van der Waals surface area contributed by atoms with E-state index in [0.29, 0.717) is 6.54 Å². The van der Waals surface area contributed by atoms with Gasteiger partial charge in [0.1, 0.15) is 0 Å². The summed E-state index contributed by atoms with van der Waals surface area (Å²) in [6.07, 6.45) is 4.97. The molecule has 1 fully saturated rings. The molecule has 2 nitrogen and oxygen atoms in total. The Balaban J connectivity index is 2.15. The molecule has 3 N–H and O–H groups in total. The van der Waals surface area contributed by atoms with Crippen LogP contribution in [0.4, 0.5) is 0 Å². The summed E-state index contributed by atoms with van der Waals surface area (Å²) in [7, 11) is 0. The summed E-state index contributed by atoms with van der Waals surface area (Å²) in [6.45, 7) is 0.586. The molecular formula is C14H21NO. The van der Waals surface area contributed by atoms with Gasteiger partial charge < -0.3 is 10.8 Å². The average Bonchev–Trinajstić information content (AvgIpc) is 2.34. The van der Waals surface area contributed by atoms with Crippen LogP contribution < -0.4 is 5.73 Å². The molecule has 1 aromatic carbocycles. The SMILES string of the molecule is NCC1(Cc2ccccc2)CCCCC1O. The van der Waals surface area contributed by atoms with Crippen LogP contribution in [0.1, 0.15) is 31.2 Å². The van der Waals surface area contributed by atoms with E-state index in [1.54, 1.807) is 0 Å². The molecule has 0 aromatic heterocycles. The molecule has 2 unspecified atom stereocenters. The molecule has 0 aliphatic heterocycles. The van der Waals surface area contributed by atoms with Gasteiger partial charge in [-0.3, -0.25) is 0 Å². The van der Waals surface area contributed by atoms with Gasteiger partial charge in [-0.25, -0.2) is 0 Å². The maximum atomic E-state index is 10.2. The molecule has 2 rings (SSSR count). The molecule has 16 heavy (non-hydrogen) atoms. The number of aliphatic hydroxyl groups is 1. The number of aliphatic hydroxyl groups excluding tert-OH is 1. The van der Waals surface area contributed by atoms with Gasteiger partial charge in [-0.1, -0.05) is 43.2 Å². The van der Waals surface area contributed by atoms with Crippen LogP contribution in [0.15, 0.2) is 30.3 Å². The maximum Gasteiger partial charge on any atom is 0.0611 e. The molecule has 1 aromatic rings. The highest BCUT2D eigenvalue weighted by Gasteiger charge is 2.38. The summed E-state index contributed by atoms with van der Waals surface area (Å²) in [5, 5.41) is 10.2. The lowest BCUT2D eigenvalue weighted by atomic mass is 9.68. The van der Waals surface area contributed by atoms with Crippen LogP contribution in [0.3, 0.4) is 0 Å². The minimum Gasteiger partial charge on any atom is -0.392 e. The molecule has 0 bridgehead atoms. The van der Waals surface area contributed by atoms with Gasteiger partial charge in [0.2, 0.25) is 0 Å². The maximum absolute atomic E-state index is 10.2. The van der Waals surface area contributed by atoms with Crippen molar-refractivity contribution < 1.29 is 5.11 Å². The molecular weight excluding hydrogens is 198 g/mol. The first kappa shape index (κ1) is 11.6. The molecule has 1 aliphatic rings. The van der Waals surface area contributed by atoms with E-state index in [9.17, 15) is 5.11 Å². The van der Waals surface area contributed by atoms with Crippen LogP contribution in [-0.4, -0.2) is 17.8 Å². The Kier molecular flexibility index (Phi) is 3.62. The normalized spacial score (nSPS) is 30.2. The number of hydrogen-bond donors (Lipinski definition) is 2. The lowest BCUT2D eigenvalue weighted by Gasteiger charge is -2.41. The molecule has 2 heteroatoms. The van der Waals surface area contributed by atoms with Crippen LogP contribution in [0.25, 0.3) is 0 Å². The minimum atomic E-state index is -0.230. The zero-order valence-corrected chi connectivity index (χ0v) is 9.73. The average molecular weight is 219 g/mol. The van der Waals surface area contributed by atoms with E-state index in [2.05, 4.69) is 24.3 Å². The Morgan fingerprint density at radius 1 is 1.25 bits per heavy atom. The van der Waals surface area contributed by atoms with Crippen LogP contribution in [-0.2, 0) is 6.42 Å². The highest BCUT2D eigenvalue weighted by molar-refractivity contribution is 5.17. The first-order valence-corrected chi connectivity index (χ1v) is 6.19. The molecule has 2 atom stereocenters. The summed E-state index contributed by atoms with van der Waals surface area (Å²) in [6, 6.07) is 10.4. The van der Waals surface area contributed by atoms with Crippen molar-refractivity contribution in [2.75, 3.05) is 6.54 Å². The number of hydrogen-bond acceptors (Lipinski definition) is 2. The van der Waals surface area contributed by atoms with Crippen molar-refractivity contribution in [2.24, 2.45) is 11.1 Å². The fraction of sp³-hybridized carbons (Fsp3) is 0.571. The van der Waals surface area contributed by atoms with Crippen molar-refractivity contribution in [2.45, 2.75) is 38.2 Å². The van der Waals surface area contributed by atoms with Gasteiger partial charge in [-0.2, -0.15) is 0 Å². The van der Waals surface area contributed by atoms with E-state index in [1.807, 2.05) is 6.07 Å². The monoisotopic (exact) mass is 219 g/mol. The van der Waals surface area contributed by atoms with Crippen LogP contribution in [0, 0.1) is 5.41 Å². The topological polar surface area (TPSA) is 46.2 Å². The second-order valence-electron chi connectivity index (χ2n) is 4.99. The smallest absolute Gasteiger partial charge is 0.0611 e. The Bertz CT molecular complexity index is 325. The molecule has 0 amide bonds. The predicted molar refractivity (Wildman–Crippen MR) is 66.1 cm³/mol. The zero-order valence-electron chi connectivity index (χ0n) is 9.73. The van der Waals surface area contributed by atoms with Gasteiger partial charge in [0.05, 0.1) is 6.10 Å². The summed E-state index contributed by atoms with van der Waals surface area (Å²) in [4.78, 5) is 0. The molecule has 1 aliphatic carbocycles. The molecule has 0 spiro atoms. The fourth-order valence-corrected chi connectivity index (χ4v) is 2.81. The van der Waals surface area contributed by atoms with E-state index in [0.717, 1.165) is 25.7 Å². The highest BCUT2D eigenvalue weighted by atomic mass is 16.3. The van der Waals surface area contributed by atoms with E-state index in [-0.39, 0.29) is 11.5 Å². The summed E-state index contributed by atoms with van der Waals surface area (Å²) >= 11 is 0. The quantitative estimate of drug-likeness (QED) is 0.818. The Morgan fingerprint density at radius 3 is 2.62 bits per heavy atom. The van der Waals surface area contributed by atoms with Crippen molar-refractivity contribution in [3.05, 3.63) is 35.9 Å². The van der Waals surface area contributed by atoms with Crippen LogP contribution in [0.2, 0.25) is 0 Å². The Morgan fingerprint density at radius 2 is 2.00 bits per heavy atom. The third-order valence-corrected chi connectivity index (χ3v) is 3.91. The number of benzene rings is 1. The van der Waals surface area contributed by atoms with Crippen molar-refractivity contribution in [1.29, 1.82) is 0 Å². The van der Waals surface area contributed by atoms with Crippen LogP contribution >= 0.6 is 0 Å². The molecule has 0 saturated heterocycles. The molecule has 0 radical (unpaired) electrons. The second kappa shape index (κ2) is 4.98. The van der Waals surface area contributed by atoms with Crippen molar-refractivity contribution in [1.82, 2.24) is 0 Å². The fourth-order valence-electron chi connectivity index (χ4n) is 2.81. The van der Waals surface area contributed by atoms with Crippen molar-refractivity contribution in [3.63, 3.8) is 0 Å². The third-order valence-electron chi connectivity index (χ3n) is 3.91. The van der Waals surface area contributed by atoms with E-state index >= 15 is 0 Å². The van der Waals surface area contributed by atoms with E-state index in [1.165, 1.54) is 12.0 Å². The third kappa shape index (κ3) is 2.28. The standard InChI is InChI=1S/C14H21NO/c15-11-14(9-5-4-8-13(14)16)10-12-6-2-1-3-7-12/h1-3,6-7,13,16H,4-5,8-11,15H2. The minimum absolute atomic E-state index is 0.0837. The number of nitrogens with two attached hydrogens (primary N) is 1. The van der Waals surface area contributed by atoms with Gasteiger partial charge in [0, 0.05) is 12.0 Å². The van der Waals surface area contributed by atoms with E-state index < -0.39 is 0 Å². The first-order chi connectivity index (χ1) is 7.77. The van der Waals surface area contributed by atoms with Crippen molar-refractivity contribution in [3.8, 4) is 0 Å². The van der Waals surface area contributed by atoms with Gasteiger partial charge in [-0.05, 0) is 24.8 Å². The van der Waals surface area contributed by atoms with E-state index in [4.69, 9.17) is 5.73 Å². The van der Waals surface area contributed by atoms with Gasteiger partial charge in [-0.15, -0.1) is 0 Å². The highest BCUT2D eigenvalue weighted by Crippen LogP contribution is 2.38. The Hall–Kier alpha value is -0.860. The zero-order chi connectivity index (χ0) is 11.4. The summed E-state index contributed by atoms with van der Waals surface area (Å²) in [5.41, 5.74) is 7.12. The molecule has 88 valence electrons. The van der Waals surface area contributed by atoms with Crippen molar-refractivity contribution >= 4 is 0 Å². The van der Waals surface area contributed by atoms with Gasteiger partial charge in [0.25, 0.3) is 0 Å². The first-order valence-electron chi connectivity index (χ1n) is 6.19. The van der Waals surface area contributed by atoms with Crippen LogP contribution in [0.5, 0.6) is 0 Å². The van der Waals surface area contributed by atoms with Gasteiger partial charge >= 0.3 is 0 Å². The Labute approximate surface area is 97.5 Å². The lowest BCUT2D eigenvalue weighted by Crippen LogP contribution is -2.45. The molecule has 1 saturated carbocycles. The predicted octanol–water partition coefficient (Wildman–Crippen LogP) is 2.11. The number of rotatable bonds is 3.